The molecule has 1 rings (SSSR count). The van der Waals surface area contributed by atoms with E-state index in [1.165, 1.54) is 5.56 Å². The van der Waals surface area contributed by atoms with E-state index in [4.69, 9.17) is 15.4 Å². The van der Waals surface area contributed by atoms with Crippen LogP contribution in [0.3, 0.4) is 0 Å². The van der Waals surface area contributed by atoms with E-state index >= 15 is 0 Å². The number of carboxylic acid groups (broad SMARTS) is 1. The van der Waals surface area contributed by atoms with Crippen LogP contribution in [0.2, 0.25) is 0 Å². The Bertz CT molecular complexity index is 501. The molecule has 0 bridgehead atoms. The fourth-order valence-electron chi connectivity index (χ4n) is 2.33. The van der Waals surface area contributed by atoms with Crippen LogP contribution in [0.4, 0.5) is 0 Å². The van der Waals surface area contributed by atoms with Crippen molar-refractivity contribution >= 4 is 13.3 Å². The normalized spacial score (nSPS) is 13.7. The third kappa shape index (κ3) is 7.21. The van der Waals surface area contributed by atoms with Crippen molar-refractivity contribution in [3.63, 3.8) is 0 Å². The summed E-state index contributed by atoms with van der Waals surface area (Å²) in [4.78, 5) is 10.8. The molecule has 0 saturated carbocycles. The van der Waals surface area contributed by atoms with Crippen molar-refractivity contribution in [2.45, 2.75) is 39.2 Å². The molecule has 0 saturated heterocycles. The molecule has 1 aromatic carbocycles. The predicted molar refractivity (Wildman–Crippen MR) is 88.5 cm³/mol. The average molecular weight is 327 g/mol. The lowest BCUT2D eigenvalue weighted by molar-refractivity contribution is -0.134. The van der Waals surface area contributed by atoms with Gasteiger partial charge in [-0.15, -0.1) is 0 Å². The Hall–Kier alpha value is -1.16. The Morgan fingerprint density at radius 2 is 1.82 bits per heavy atom. The fourth-order valence-corrected chi connectivity index (χ4v) is 4.30. The molecule has 1 unspecified atom stereocenters. The van der Waals surface area contributed by atoms with Crippen molar-refractivity contribution in [1.82, 2.24) is 0 Å². The van der Waals surface area contributed by atoms with Crippen LogP contribution in [0.5, 0.6) is 0 Å². The molecule has 5 nitrogen and oxygen atoms in total. The number of carbonyl (C=O) groups is 1. The molecule has 0 amide bonds. The van der Waals surface area contributed by atoms with E-state index in [2.05, 4.69) is 12.1 Å². The monoisotopic (exact) mass is 327 g/mol. The van der Waals surface area contributed by atoms with Crippen molar-refractivity contribution in [3.8, 4) is 0 Å². The molecule has 0 aliphatic heterocycles. The zero-order valence-corrected chi connectivity index (χ0v) is 14.1. The maximum atomic E-state index is 12.3. The van der Waals surface area contributed by atoms with Gasteiger partial charge in [0.25, 0.3) is 0 Å². The van der Waals surface area contributed by atoms with Gasteiger partial charge in [0.05, 0.1) is 6.61 Å². The first-order valence-electron chi connectivity index (χ1n) is 7.71. The van der Waals surface area contributed by atoms with Crippen LogP contribution in [0, 0.1) is 0 Å². The second-order valence-electron chi connectivity index (χ2n) is 5.34. The number of nitrogens with two attached hydrogens (primary N) is 1. The highest BCUT2D eigenvalue weighted by Crippen LogP contribution is 2.47. The highest BCUT2D eigenvalue weighted by atomic mass is 31.2. The Kier molecular flexibility index (Phi) is 8.39. The first kappa shape index (κ1) is 18.9. The van der Waals surface area contributed by atoms with Crippen molar-refractivity contribution in [1.29, 1.82) is 0 Å². The van der Waals surface area contributed by atoms with Crippen molar-refractivity contribution < 1.29 is 19.0 Å². The summed E-state index contributed by atoms with van der Waals surface area (Å²) in [7, 11) is -3.01. The van der Waals surface area contributed by atoms with Gasteiger partial charge in [-0.2, -0.15) is 0 Å². The molecule has 6 heteroatoms. The van der Waals surface area contributed by atoms with Crippen LogP contribution in [-0.4, -0.2) is 30.0 Å². The SMILES string of the molecule is CCOP(=O)(CCCCCc1ccc(CN)cc1)CC(=O)O. The topological polar surface area (TPSA) is 89.6 Å². The van der Waals surface area contributed by atoms with Crippen LogP contribution in [0.25, 0.3) is 0 Å². The first-order valence-corrected chi connectivity index (χ1v) is 9.71. The molecular weight excluding hydrogens is 301 g/mol. The van der Waals surface area contributed by atoms with Crippen LogP contribution in [0.15, 0.2) is 24.3 Å². The van der Waals surface area contributed by atoms with Crippen LogP contribution in [0.1, 0.15) is 37.3 Å². The summed E-state index contributed by atoms with van der Waals surface area (Å²) in [5, 5.41) is 8.81. The Balaban J connectivity index is 2.30. The molecule has 0 aliphatic carbocycles. The average Bonchev–Trinajstić information content (AvgIpc) is 2.47. The quantitative estimate of drug-likeness (QED) is 0.481. The molecule has 22 heavy (non-hydrogen) atoms. The fraction of sp³-hybridized carbons (Fsp3) is 0.562. The number of hydrogen-bond acceptors (Lipinski definition) is 4. The van der Waals surface area contributed by atoms with Gasteiger partial charge in [-0.25, -0.2) is 0 Å². The number of hydrogen-bond donors (Lipinski definition) is 2. The number of aryl methyl sites for hydroxylation is 1. The third-order valence-electron chi connectivity index (χ3n) is 3.46. The molecule has 3 N–H and O–H groups in total. The Morgan fingerprint density at radius 3 is 2.36 bits per heavy atom. The minimum absolute atomic E-state index is 0.290. The lowest BCUT2D eigenvalue weighted by Crippen LogP contribution is -2.09. The van der Waals surface area contributed by atoms with Crippen molar-refractivity contribution in [2.75, 3.05) is 18.9 Å². The maximum absolute atomic E-state index is 12.3. The van der Waals surface area contributed by atoms with Crippen LogP contribution < -0.4 is 5.73 Å². The second kappa shape index (κ2) is 9.78. The summed E-state index contributed by atoms with van der Waals surface area (Å²) < 4.78 is 17.5. The first-order chi connectivity index (χ1) is 10.5. The van der Waals surface area contributed by atoms with Gasteiger partial charge in [0, 0.05) is 12.7 Å². The summed E-state index contributed by atoms with van der Waals surface area (Å²) in [5.41, 5.74) is 7.94. The molecule has 1 aromatic rings. The number of benzene rings is 1. The van der Waals surface area contributed by atoms with E-state index in [9.17, 15) is 9.36 Å². The van der Waals surface area contributed by atoms with Crippen molar-refractivity contribution in [2.24, 2.45) is 5.73 Å². The van der Waals surface area contributed by atoms with E-state index < -0.39 is 13.3 Å². The second-order valence-corrected chi connectivity index (χ2v) is 7.99. The third-order valence-corrected chi connectivity index (χ3v) is 5.94. The number of unbranched alkanes of at least 4 members (excludes halogenated alkanes) is 2. The summed E-state index contributed by atoms with van der Waals surface area (Å²) in [6, 6.07) is 8.23. The molecule has 0 radical (unpaired) electrons. The number of aliphatic carboxylic acids is 1. The van der Waals surface area contributed by atoms with Gasteiger partial charge in [-0.3, -0.25) is 9.36 Å². The smallest absolute Gasteiger partial charge is 0.313 e. The Labute approximate surface area is 132 Å². The molecule has 0 aromatic heterocycles. The number of carboxylic acids is 1. The van der Waals surface area contributed by atoms with Gasteiger partial charge >= 0.3 is 5.97 Å². The standard InChI is InChI=1S/C16H26NO4P/c1-2-21-22(20,13-16(18)19)11-5-3-4-6-14-7-9-15(12-17)10-8-14/h7-10H,2-6,11-13,17H2,1H3,(H,18,19). The van der Waals surface area contributed by atoms with E-state index in [-0.39, 0.29) is 12.8 Å². The van der Waals surface area contributed by atoms with E-state index in [1.807, 2.05) is 12.1 Å². The molecule has 0 aliphatic rings. The molecule has 0 heterocycles. The van der Waals surface area contributed by atoms with Gasteiger partial charge in [-0.05, 0) is 37.3 Å². The zero-order valence-electron chi connectivity index (χ0n) is 13.2. The van der Waals surface area contributed by atoms with Crippen LogP contribution in [-0.2, 0) is 26.8 Å². The molecule has 0 spiro atoms. The molecule has 0 fully saturated rings. The lowest BCUT2D eigenvalue weighted by Gasteiger charge is -2.15. The van der Waals surface area contributed by atoms with Gasteiger partial charge < -0.3 is 15.4 Å². The summed E-state index contributed by atoms with van der Waals surface area (Å²) in [6.07, 6.45) is 3.56. The molecule has 124 valence electrons. The van der Waals surface area contributed by atoms with Gasteiger partial charge in [0.1, 0.15) is 6.16 Å². The minimum Gasteiger partial charge on any atom is -0.481 e. The summed E-state index contributed by atoms with van der Waals surface area (Å²) >= 11 is 0. The highest BCUT2D eigenvalue weighted by molar-refractivity contribution is 7.59. The maximum Gasteiger partial charge on any atom is 0.313 e. The zero-order chi connectivity index (χ0) is 16.4. The van der Waals surface area contributed by atoms with Crippen LogP contribution >= 0.6 is 7.37 Å². The van der Waals surface area contributed by atoms with Gasteiger partial charge in [0.2, 0.25) is 7.37 Å². The Morgan fingerprint density at radius 1 is 1.18 bits per heavy atom. The lowest BCUT2D eigenvalue weighted by atomic mass is 10.1. The van der Waals surface area contributed by atoms with E-state index in [1.54, 1.807) is 6.92 Å². The van der Waals surface area contributed by atoms with E-state index in [0.717, 1.165) is 31.2 Å². The van der Waals surface area contributed by atoms with Crippen molar-refractivity contribution in [3.05, 3.63) is 35.4 Å². The molecule has 1 atom stereocenters. The van der Waals surface area contributed by atoms with Gasteiger partial charge in [-0.1, -0.05) is 30.7 Å². The minimum atomic E-state index is -3.01. The number of rotatable bonds is 11. The largest absolute Gasteiger partial charge is 0.481 e. The van der Waals surface area contributed by atoms with Gasteiger partial charge in [0.15, 0.2) is 0 Å². The summed E-state index contributed by atoms with van der Waals surface area (Å²) in [6.45, 7) is 2.58. The molecular formula is C16H26NO4P. The predicted octanol–water partition coefficient (Wildman–Crippen LogP) is 3.26. The summed E-state index contributed by atoms with van der Waals surface area (Å²) in [5.74, 6) is -1.06. The van der Waals surface area contributed by atoms with E-state index in [0.29, 0.717) is 12.7 Å². The highest BCUT2D eigenvalue weighted by Gasteiger charge is 2.25.